The molecular weight excluding hydrogens is 296 g/mol. The van der Waals surface area contributed by atoms with Gasteiger partial charge in [-0.2, -0.15) is 0 Å². The number of carbonyl (C=O) groups excluding carboxylic acids is 1. The fourth-order valence-electron chi connectivity index (χ4n) is 7.14. The van der Waals surface area contributed by atoms with Crippen molar-refractivity contribution in [2.24, 2.45) is 29.1 Å². The Morgan fingerprint density at radius 2 is 2.00 bits per heavy atom. The summed E-state index contributed by atoms with van der Waals surface area (Å²) in [5, 5.41) is 11.4. The van der Waals surface area contributed by atoms with Crippen molar-refractivity contribution in [3.63, 3.8) is 0 Å². The second-order valence-electron chi connectivity index (χ2n) is 8.63. The summed E-state index contributed by atoms with van der Waals surface area (Å²) in [7, 11) is 0. The van der Waals surface area contributed by atoms with Crippen molar-refractivity contribution in [3.05, 3.63) is 11.6 Å². The second-order valence-corrected chi connectivity index (χ2v) is 8.63. The first-order valence-corrected chi connectivity index (χ1v) is 9.94. The second kappa shape index (κ2) is 5.73. The minimum atomic E-state index is -0.773. The van der Waals surface area contributed by atoms with Gasteiger partial charge in [0.2, 0.25) is 0 Å². The van der Waals surface area contributed by atoms with Crippen molar-refractivity contribution in [1.29, 1.82) is 0 Å². The topological polar surface area (TPSA) is 37.3 Å². The number of ketones is 1. The lowest BCUT2D eigenvalue weighted by Gasteiger charge is -2.56. The minimum Gasteiger partial charge on any atom is -0.377 e. The molecule has 4 aliphatic carbocycles. The summed E-state index contributed by atoms with van der Waals surface area (Å²) in [5.41, 5.74) is 0.673. The summed E-state index contributed by atoms with van der Waals surface area (Å²) in [6.45, 7) is 4.12. The molecule has 4 aliphatic rings. The van der Waals surface area contributed by atoms with E-state index >= 15 is 0 Å². The predicted molar refractivity (Wildman–Crippen MR) is 95.1 cm³/mol. The molecule has 0 bridgehead atoms. The van der Waals surface area contributed by atoms with Crippen LogP contribution in [-0.4, -0.2) is 16.5 Å². The maximum absolute atomic E-state index is 11.8. The molecule has 6 atom stereocenters. The fourth-order valence-corrected chi connectivity index (χ4v) is 7.14. The number of carbonyl (C=O) groups is 1. The predicted octanol–water partition coefficient (Wildman–Crippen LogP) is 4.27. The van der Waals surface area contributed by atoms with Gasteiger partial charge in [-0.1, -0.05) is 18.4 Å². The van der Waals surface area contributed by atoms with E-state index in [0.717, 1.165) is 56.8 Å². The molecule has 1 N–H and O–H groups in total. The molecule has 0 heterocycles. The van der Waals surface area contributed by atoms with Gasteiger partial charge in [-0.15, -0.1) is 5.92 Å². The van der Waals surface area contributed by atoms with Crippen LogP contribution in [0.1, 0.15) is 71.6 Å². The van der Waals surface area contributed by atoms with Crippen molar-refractivity contribution in [2.45, 2.75) is 77.2 Å². The third-order valence-corrected chi connectivity index (χ3v) is 8.11. The molecular formula is C22H30O2. The quantitative estimate of drug-likeness (QED) is 0.731. The SMILES string of the molecule is CC#C[C@]1(O)CC[C@H]2[C@@H]3CCC4=CC(=O)CC[C@@H]4[C@H]3CC[C@@]21CC. The smallest absolute Gasteiger partial charge is 0.155 e. The van der Waals surface area contributed by atoms with Crippen LogP contribution in [0.5, 0.6) is 0 Å². The molecule has 0 aliphatic heterocycles. The molecule has 2 heteroatoms. The zero-order chi connectivity index (χ0) is 16.9. The van der Waals surface area contributed by atoms with Gasteiger partial charge in [-0.25, -0.2) is 0 Å². The zero-order valence-electron chi connectivity index (χ0n) is 15.1. The lowest BCUT2D eigenvalue weighted by Crippen LogP contribution is -2.53. The molecule has 130 valence electrons. The van der Waals surface area contributed by atoms with E-state index in [9.17, 15) is 9.90 Å². The zero-order valence-corrected chi connectivity index (χ0v) is 15.1. The normalized spacial score (nSPS) is 47.0. The summed E-state index contributed by atoms with van der Waals surface area (Å²) in [6.07, 6.45) is 11.4. The third-order valence-electron chi connectivity index (χ3n) is 8.11. The van der Waals surface area contributed by atoms with Crippen molar-refractivity contribution >= 4 is 5.78 Å². The summed E-state index contributed by atoms with van der Waals surface area (Å²) >= 11 is 0. The first-order chi connectivity index (χ1) is 11.5. The number of hydrogen-bond acceptors (Lipinski definition) is 2. The maximum atomic E-state index is 11.8. The molecule has 2 nitrogen and oxygen atoms in total. The Bertz CT molecular complexity index is 636. The van der Waals surface area contributed by atoms with Crippen LogP contribution in [0.15, 0.2) is 11.6 Å². The van der Waals surface area contributed by atoms with E-state index in [1.165, 1.54) is 18.4 Å². The Morgan fingerprint density at radius 1 is 1.17 bits per heavy atom. The highest BCUT2D eigenvalue weighted by atomic mass is 16.3. The van der Waals surface area contributed by atoms with Gasteiger partial charge in [-0.3, -0.25) is 4.79 Å². The molecule has 0 radical (unpaired) electrons. The van der Waals surface area contributed by atoms with Gasteiger partial charge in [0, 0.05) is 11.8 Å². The molecule has 3 saturated carbocycles. The van der Waals surface area contributed by atoms with Crippen LogP contribution in [0.2, 0.25) is 0 Å². The lowest BCUT2D eigenvalue weighted by atomic mass is 9.49. The number of hydrogen-bond donors (Lipinski definition) is 1. The molecule has 3 fully saturated rings. The van der Waals surface area contributed by atoms with E-state index in [0.29, 0.717) is 17.6 Å². The van der Waals surface area contributed by atoms with Gasteiger partial charge in [0.15, 0.2) is 5.78 Å². The maximum Gasteiger partial charge on any atom is 0.155 e. The first-order valence-electron chi connectivity index (χ1n) is 9.94. The van der Waals surface area contributed by atoms with Crippen LogP contribution < -0.4 is 0 Å². The highest BCUT2D eigenvalue weighted by Crippen LogP contribution is 2.66. The molecule has 0 unspecified atom stereocenters. The average molecular weight is 326 g/mol. The minimum absolute atomic E-state index is 0.00286. The van der Waals surface area contributed by atoms with E-state index in [-0.39, 0.29) is 5.41 Å². The van der Waals surface area contributed by atoms with E-state index < -0.39 is 5.60 Å². The van der Waals surface area contributed by atoms with Gasteiger partial charge in [-0.05, 0) is 88.0 Å². The summed E-state index contributed by atoms with van der Waals surface area (Å²) in [4.78, 5) is 11.8. The number of rotatable bonds is 1. The monoisotopic (exact) mass is 326 g/mol. The van der Waals surface area contributed by atoms with E-state index in [4.69, 9.17) is 0 Å². The molecule has 0 spiro atoms. The van der Waals surface area contributed by atoms with Gasteiger partial charge in [0.05, 0.1) is 0 Å². The van der Waals surface area contributed by atoms with Crippen LogP contribution in [0.3, 0.4) is 0 Å². The molecule has 4 rings (SSSR count). The first kappa shape index (κ1) is 16.4. The Labute approximate surface area is 146 Å². The highest BCUT2D eigenvalue weighted by Gasteiger charge is 2.63. The standard InChI is InChI=1S/C22H30O2/c1-3-11-22(24)13-10-20-19-7-5-15-14-16(23)6-8-17(15)18(19)9-12-21(20,22)4-2/h14,17-20,24H,4-10,12-13H2,1-2H3/t17-,18+,19+,20-,21-,22-/m0/s1. The van der Waals surface area contributed by atoms with E-state index in [1.807, 2.05) is 13.0 Å². The molecule has 0 aromatic heterocycles. The Hall–Kier alpha value is -1.07. The largest absolute Gasteiger partial charge is 0.377 e. The van der Waals surface area contributed by atoms with Crippen molar-refractivity contribution < 1.29 is 9.90 Å². The molecule has 0 amide bonds. The van der Waals surface area contributed by atoms with Gasteiger partial charge in [0.1, 0.15) is 5.60 Å². The summed E-state index contributed by atoms with van der Waals surface area (Å²) in [6, 6.07) is 0. The Morgan fingerprint density at radius 3 is 2.75 bits per heavy atom. The Balaban J connectivity index is 1.67. The van der Waals surface area contributed by atoms with Crippen molar-refractivity contribution in [2.75, 3.05) is 0 Å². The van der Waals surface area contributed by atoms with Crippen LogP contribution in [0, 0.1) is 40.9 Å². The fraction of sp³-hybridized carbons (Fsp3) is 0.773. The molecule has 0 aromatic rings. The summed E-state index contributed by atoms with van der Waals surface area (Å²) in [5.74, 6) is 9.29. The van der Waals surface area contributed by atoms with Crippen LogP contribution in [0.25, 0.3) is 0 Å². The number of fused-ring (bicyclic) bond motifs is 5. The van der Waals surface area contributed by atoms with Gasteiger partial charge in [0.25, 0.3) is 0 Å². The Kier molecular flexibility index (Phi) is 3.92. The van der Waals surface area contributed by atoms with E-state index in [1.54, 1.807) is 0 Å². The number of aliphatic hydroxyl groups is 1. The molecule has 0 aromatic carbocycles. The highest BCUT2D eigenvalue weighted by molar-refractivity contribution is 5.91. The third kappa shape index (κ3) is 2.10. The van der Waals surface area contributed by atoms with Gasteiger partial charge >= 0.3 is 0 Å². The van der Waals surface area contributed by atoms with Gasteiger partial charge < -0.3 is 5.11 Å². The van der Waals surface area contributed by atoms with Crippen LogP contribution >= 0.6 is 0 Å². The van der Waals surface area contributed by atoms with Crippen molar-refractivity contribution in [1.82, 2.24) is 0 Å². The van der Waals surface area contributed by atoms with Crippen LogP contribution in [-0.2, 0) is 4.79 Å². The van der Waals surface area contributed by atoms with E-state index in [2.05, 4.69) is 18.8 Å². The van der Waals surface area contributed by atoms with Crippen LogP contribution in [0.4, 0.5) is 0 Å². The number of allylic oxidation sites excluding steroid dienone is 1. The lowest BCUT2D eigenvalue weighted by molar-refractivity contribution is -0.117. The molecule has 24 heavy (non-hydrogen) atoms. The summed E-state index contributed by atoms with van der Waals surface area (Å²) < 4.78 is 0. The van der Waals surface area contributed by atoms with Crippen molar-refractivity contribution in [3.8, 4) is 11.8 Å². The average Bonchev–Trinajstić information content (AvgIpc) is 2.88. The molecule has 0 saturated heterocycles.